The lowest BCUT2D eigenvalue weighted by Gasteiger charge is -2.33. The molecule has 0 unspecified atom stereocenters. The van der Waals surface area contributed by atoms with Crippen LogP contribution in [0.2, 0.25) is 10.0 Å². The number of nitrogens with one attached hydrogen (secondary N) is 1. The lowest BCUT2D eigenvalue weighted by molar-refractivity contribution is -0.143. The van der Waals surface area contributed by atoms with Crippen LogP contribution < -0.4 is 10.1 Å². The summed E-state index contributed by atoms with van der Waals surface area (Å²) in [5, 5.41) is 5.85. The molecule has 8 heteroatoms. The van der Waals surface area contributed by atoms with Gasteiger partial charge in [-0.25, -0.2) is 0 Å². The second kappa shape index (κ2) is 11.6. The molecule has 0 saturated heterocycles. The predicted molar refractivity (Wildman–Crippen MR) is 146 cm³/mol. The third-order valence-corrected chi connectivity index (χ3v) is 6.96. The molecule has 0 bridgehead atoms. The normalized spacial score (nSPS) is 12.3. The van der Waals surface area contributed by atoms with Gasteiger partial charge < -0.3 is 15.0 Å². The minimum Gasteiger partial charge on any atom is -0.483 e. The molecule has 0 saturated carbocycles. The van der Waals surface area contributed by atoms with E-state index in [1.807, 2.05) is 64.1 Å². The fourth-order valence-electron chi connectivity index (χ4n) is 3.75. The van der Waals surface area contributed by atoms with Crippen molar-refractivity contribution in [2.75, 3.05) is 6.61 Å². The molecule has 0 fully saturated rings. The SMILES string of the molecule is CC[C@H](C(=O)NC(C)(C)C)N(Cc1ccc(Cl)c(Cl)c1)C(=O)COc1ccc2ccccc2c1Br. The van der Waals surface area contributed by atoms with E-state index < -0.39 is 11.6 Å². The summed E-state index contributed by atoms with van der Waals surface area (Å²) >= 11 is 15.9. The molecule has 0 aliphatic rings. The number of rotatable bonds is 8. The Morgan fingerprint density at radius 2 is 1.77 bits per heavy atom. The van der Waals surface area contributed by atoms with Gasteiger partial charge in [0.2, 0.25) is 5.91 Å². The maximum absolute atomic E-state index is 13.5. The molecule has 0 spiro atoms. The third kappa shape index (κ3) is 7.12. The summed E-state index contributed by atoms with van der Waals surface area (Å²) in [6.07, 6.45) is 0.439. The van der Waals surface area contributed by atoms with Gasteiger partial charge in [-0.1, -0.05) is 66.5 Å². The maximum Gasteiger partial charge on any atom is 0.261 e. The van der Waals surface area contributed by atoms with Crippen molar-refractivity contribution in [2.45, 2.75) is 52.2 Å². The number of carbonyl (C=O) groups excluding carboxylic acids is 2. The molecule has 0 radical (unpaired) electrons. The van der Waals surface area contributed by atoms with Crippen LogP contribution in [0.3, 0.4) is 0 Å². The Labute approximate surface area is 224 Å². The molecule has 5 nitrogen and oxygen atoms in total. The van der Waals surface area contributed by atoms with Crippen LogP contribution in [0, 0.1) is 0 Å². The first kappa shape index (κ1) is 27.3. The second-order valence-electron chi connectivity index (χ2n) is 9.32. The van der Waals surface area contributed by atoms with Gasteiger partial charge in [-0.05, 0) is 77.7 Å². The topological polar surface area (TPSA) is 58.6 Å². The third-order valence-electron chi connectivity index (χ3n) is 5.40. The van der Waals surface area contributed by atoms with Crippen LogP contribution in [-0.4, -0.2) is 34.9 Å². The van der Waals surface area contributed by atoms with Crippen LogP contribution in [0.25, 0.3) is 10.8 Å². The zero-order valence-corrected chi connectivity index (χ0v) is 23.3. The molecule has 0 aromatic heterocycles. The molecular weight excluding hydrogens is 551 g/mol. The Hall–Kier alpha value is -2.28. The van der Waals surface area contributed by atoms with Crippen LogP contribution in [0.4, 0.5) is 0 Å². The van der Waals surface area contributed by atoms with Gasteiger partial charge in [-0.3, -0.25) is 9.59 Å². The zero-order chi connectivity index (χ0) is 25.8. The number of halogens is 3. The molecule has 0 heterocycles. The Bertz CT molecular complexity index is 1230. The Morgan fingerprint density at radius 1 is 1.06 bits per heavy atom. The fourth-order valence-corrected chi connectivity index (χ4v) is 4.68. The number of amides is 2. The highest BCUT2D eigenvalue weighted by molar-refractivity contribution is 9.10. The van der Waals surface area contributed by atoms with Crippen molar-refractivity contribution in [3.8, 4) is 5.75 Å². The fraction of sp³-hybridized carbons (Fsp3) is 0.333. The smallest absolute Gasteiger partial charge is 0.261 e. The average Bonchev–Trinajstić information content (AvgIpc) is 2.79. The molecular formula is C27H29BrCl2N2O3. The van der Waals surface area contributed by atoms with Crippen molar-refractivity contribution in [1.82, 2.24) is 10.2 Å². The first-order chi connectivity index (χ1) is 16.5. The lowest BCUT2D eigenvalue weighted by Crippen LogP contribution is -2.54. The monoisotopic (exact) mass is 578 g/mol. The quantitative estimate of drug-likeness (QED) is 0.312. The van der Waals surface area contributed by atoms with Gasteiger partial charge in [0, 0.05) is 12.1 Å². The summed E-state index contributed by atoms with van der Waals surface area (Å²) in [5.41, 5.74) is 0.330. The summed E-state index contributed by atoms with van der Waals surface area (Å²) in [5.74, 6) is 0.0195. The number of fused-ring (bicyclic) bond motifs is 1. The van der Waals surface area contributed by atoms with Crippen molar-refractivity contribution in [2.24, 2.45) is 0 Å². The summed E-state index contributed by atoms with van der Waals surface area (Å²) in [7, 11) is 0. The van der Waals surface area contributed by atoms with E-state index in [0.29, 0.717) is 22.2 Å². The number of hydrogen-bond acceptors (Lipinski definition) is 3. The average molecular weight is 580 g/mol. The standard InChI is InChI=1S/C27H29BrCl2N2O3/c1-5-22(26(34)31-27(2,3)4)32(15-17-10-12-20(29)21(30)14-17)24(33)16-35-23-13-11-18-8-6-7-9-19(18)25(23)28/h6-14,22H,5,15-16H2,1-4H3,(H,31,34)/t22-/m1/s1. The Balaban J connectivity index is 1.86. The van der Waals surface area contributed by atoms with Crippen LogP contribution >= 0.6 is 39.1 Å². The van der Waals surface area contributed by atoms with Crippen LogP contribution in [0.1, 0.15) is 39.7 Å². The van der Waals surface area contributed by atoms with Gasteiger partial charge in [0.15, 0.2) is 6.61 Å². The first-order valence-electron chi connectivity index (χ1n) is 11.4. The van der Waals surface area contributed by atoms with E-state index in [1.165, 1.54) is 4.90 Å². The van der Waals surface area contributed by atoms with Crippen molar-refractivity contribution in [1.29, 1.82) is 0 Å². The second-order valence-corrected chi connectivity index (χ2v) is 10.9. The van der Waals surface area contributed by atoms with Gasteiger partial charge in [0.1, 0.15) is 11.8 Å². The molecule has 186 valence electrons. The minimum absolute atomic E-state index is 0.189. The van der Waals surface area contributed by atoms with Gasteiger partial charge >= 0.3 is 0 Å². The van der Waals surface area contributed by atoms with E-state index in [2.05, 4.69) is 21.2 Å². The molecule has 0 aliphatic carbocycles. The van der Waals surface area contributed by atoms with Crippen LogP contribution in [0.5, 0.6) is 5.75 Å². The predicted octanol–water partition coefficient (Wildman–Crippen LogP) is 7.01. The van der Waals surface area contributed by atoms with Gasteiger partial charge in [0.25, 0.3) is 5.91 Å². The van der Waals surface area contributed by atoms with E-state index in [-0.39, 0.29) is 25.0 Å². The molecule has 3 aromatic carbocycles. The van der Waals surface area contributed by atoms with Crippen molar-refractivity contribution in [3.63, 3.8) is 0 Å². The zero-order valence-electron chi connectivity index (χ0n) is 20.2. The summed E-state index contributed by atoms with van der Waals surface area (Å²) < 4.78 is 6.70. The number of nitrogens with zero attached hydrogens (tertiary/aromatic N) is 1. The minimum atomic E-state index is -0.681. The van der Waals surface area contributed by atoms with Crippen molar-refractivity contribution < 1.29 is 14.3 Å². The Kier molecular flexibility index (Phi) is 9.08. The Morgan fingerprint density at radius 3 is 2.43 bits per heavy atom. The maximum atomic E-state index is 13.5. The molecule has 3 rings (SSSR count). The first-order valence-corrected chi connectivity index (χ1v) is 12.9. The molecule has 0 aliphatic heterocycles. The number of carbonyl (C=O) groups is 2. The highest BCUT2D eigenvalue weighted by atomic mass is 79.9. The van der Waals surface area contributed by atoms with Gasteiger partial charge in [-0.15, -0.1) is 0 Å². The van der Waals surface area contributed by atoms with Crippen molar-refractivity contribution in [3.05, 3.63) is 74.7 Å². The largest absolute Gasteiger partial charge is 0.483 e. The van der Waals surface area contributed by atoms with E-state index in [1.54, 1.807) is 18.2 Å². The number of hydrogen-bond donors (Lipinski definition) is 1. The molecule has 2 amide bonds. The summed E-state index contributed by atoms with van der Waals surface area (Å²) in [4.78, 5) is 28.1. The van der Waals surface area contributed by atoms with Crippen LogP contribution in [-0.2, 0) is 16.1 Å². The van der Waals surface area contributed by atoms with Crippen molar-refractivity contribution >= 4 is 61.7 Å². The van der Waals surface area contributed by atoms with E-state index in [9.17, 15) is 9.59 Å². The number of ether oxygens (including phenoxy) is 1. The highest BCUT2D eigenvalue weighted by Crippen LogP contribution is 2.33. The summed E-state index contributed by atoms with van der Waals surface area (Å²) in [6.45, 7) is 7.56. The molecule has 1 atom stereocenters. The van der Waals surface area contributed by atoms with Crippen LogP contribution in [0.15, 0.2) is 59.1 Å². The van der Waals surface area contributed by atoms with E-state index in [4.69, 9.17) is 27.9 Å². The summed E-state index contributed by atoms with van der Waals surface area (Å²) in [6, 6.07) is 16.2. The molecule has 1 N–H and O–H groups in total. The highest BCUT2D eigenvalue weighted by Gasteiger charge is 2.31. The van der Waals surface area contributed by atoms with Gasteiger partial charge in [0.05, 0.1) is 14.5 Å². The van der Waals surface area contributed by atoms with Gasteiger partial charge in [-0.2, -0.15) is 0 Å². The molecule has 3 aromatic rings. The molecule has 35 heavy (non-hydrogen) atoms. The van der Waals surface area contributed by atoms with E-state index in [0.717, 1.165) is 20.8 Å². The lowest BCUT2D eigenvalue weighted by atomic mass is 10.1. The van der Waals surface area contributed by atoms with E-state index >= 15 is 0 Å². The number of benzene rings is 3.